The molecule has 0 saturated carbocycles. The van der Waals surface area contributed by atoms with E-state index in [0.717, 1.165) is 5.56 Å². The molecule has 0 atom stereocenters. The zero-order valence-electron chi connectivity index (χ0n) is 25.9. The number of hydrogen-bond donors (Lipinski definition) is 0. The van der Waals surface area contributed by atoms with Gasteiger partial charge in [0.2, 0.25) is 0 Å². The van der Waals surface area contributed by atoms with E-state index >= 15 is 0 Å². The summed E-state index contributed by atoms with van der Waals surface area (Å²) in [7, 11) is -1.75. The monoisotopic (exact) mass is 1010 g/mol. The topological polar surface area (TPSA) is 0 Å². The van der Waals surface area contributed by atoms with Crippen LogP contribution in [0.15, 0.2) is 206 Å². The molecule has 4 heteroatoms. The quantitative estimate of drug-likeness (QED) is 0.0901. The third-order valence-electron chi connectivity index (χ3n) is 7.16. The molecule has 0 bridgehead atoms. The Morgan fingerprint density at radius 2 is 0.489 bits per heavy atom. The number of benzene rings is 7. The zero-order valence-corrected chi connectivity index (χ0v) is 32.3. The summed E-state index contributed by atoms with van der Waals surface area (Å²) in [6.07, 6.45) is 0. The van der Waals surface area contributed by atoms with Crippen molar-refractivity contribution >= 4 is 47.7 Å². The second-order valence-corrected chi connectivity index (χ2v) is 15.3. The van der Waals surface area contributed by atoms with Gasteiger partial charge in [0, 0.05) is 0 Å². The molecule has 0 aliphatic carbocycles. The summed E-state index contributed by atoms with van der Waals surface area (Å²) in [5.41, 5.74) is 1.04. The molecule has 0 amide bonds. The zero-order chi connectivity index (χ0) is 30.9. The van der Waals surface area contributed by atoms with Gasteiger partial charge < -0.3 is 0 Å². The standard InChI is InChI=1S/2C18H15P.C7H6.2Au/c2*1-4-10-16(11-5-1)19(17-12-6-2-7-13-17)18-14-8-3-9-15-18;1-7-5-3-2-4-6-7;;/h2*1-15H;3-6H,1H2;;/q;;-2;2*+1/p+2. The third kappa shape index (κ3) is 12.1. The summed E-state index contributed by atoms with van der Waals surface area (Å²) >= 11 is 0. The summed E-state index contributed by atoms with van der Waals surface area (Å²) < 4.78 is 0. The van der Waals surface area contributed by atoms with E-state index in [1.165, 1.54) is 31.8 Å². The maximum absolute atomic E-state index is 3.70. The molecule has 0 saturated heterocycles. The van der Waals surface area contributed by atoms with E-state index in [4.69, 9.17) is 0 Å². The molecule has 0 nitrogen and oxygen atoms in total. The summed E-state index contributed by atoms with van der Waals surface area (Å²) in [4.78, 5) is 0. The average Bonchev–Trinajstić information content (AvgIpc) is 3.12. The predicted molar refractivity (Wildman–Crippen MR) is 203 cm³/mol. The van der Waals surface area contributed by atoms with E-state index in [0.29, 0.717) is 0 Å². The SMILES string of the molecule is [Au+].[Au+].[CH2-]c1cc[c-]cc1.c1ccc([PH+](c2ccccc2)c2ccccc2)cc1.c1ccc([PH+](c2ccccc2)c2ccccc2)cc1. The van der Waals surface area contributed by atoms with Gasteiger partial charge in [0.15, 0.2) is 0 Å². The molecule has 0 aliphatic rings. The van der Waals surface area contributed by atoms with Gasteiger partial charge in [-0.25, -0.2) is 0 Å². The van der Waals surface area contributed by atoms with Gasteiger partial charge in [0.05, 0.1) is 15.8 Å². The summed E-state index contributed by atoms with van der Waals surface area (Å²) in [6.45, 7) is 3.70. The summed E-state index contributed by atoms with van der Waals surface area (Å²) in [5.74, 6) is 0. The summed E-state index contributed by atoms with van der Waals surface area (Å²) in [6, 6.07) is 75.4. The van der Waals surface area contributed by atoms with Gasteiger partial charge in [-0.3, -0.25) is 0 Å². The van der Waals surface area contributed by atoms with Gasteiger partial charge in [0.25, 0.3) is 0 Å². The maximum atomic E-state index is 3.70. The Morgan fingerprint density at radius 3 is 0.638 bits per heavy atom. The van der Waals surface area contributed by atoms with Crippen LogP contribution in [-0.4, -0.2) is 0 Å². The van der Waals surface area contributed by atoms with Gasteiger partial charge in [-0.2, -0.15) is 42.8 Å². The van der Waals surface area contributed by atoms with Crippen LogP contribution >= 0.6 is 15.8 Å². The maximum Gasteiger partial charge on any atom is 1.00 e. The van der Waals surface area contributed by atoms with Crippen molar-refractivity contribution in [1.82, 2.24) is 0 Å². The average molecular weight is 1010 g/mol. The van der Waals surface area contributed by atoms with Crippen LogP contribution in [0.4, 0.5) is 0 Å². The minimum Gasteiger partial charge on any atom is -0.199 e. The molecule has 0 fully saturated rings. The van der Waals surface area contributed by atoms with E-state index in [1.807, 2.05) is 24.3 Å². The molecule has 0 radical (unpaired) electrons. The molecule has 7 aromatic rings. The second kappa shape index (κ2) is 21.6. The second-order valence-electron chi connectivity index (χ2n) is 10.4. The molecule has 0 unspecified atom stereocenters. The van der Waals surface area contributed by atoms with E-state index in [1.54, 1.807) is 0 Å². The number of rotatable bonds is 6. The van der Waals surface area contributed by atoms with E-state index in [9.17, 15) is 0 Å². The molecule has 47 heavy (non-hydrogen) atoms. The van der Waals surface area contributed by atoms with Crippen LogP contribution in [0.1, 0.15) is 5.56 Å². The fraction of sp³-hybridized carbons (Fsp3) is 0. The van der Waals surface area contributed by atoms with Crippen LogP contribution in [0.25, 0.3) is 0 Å². The molecule has 7 rings (SSSR count). The minimum atomic E-state index is -0.877. The molecule has 0 aliphatic heterocycles. The smallest absolute Gasteiger partial charge is 0.199 e. The molecular weight excluding hydrogens is 972 g/mol. The van der Waals surface area contributed by atoms with Crippen LogP contribution in [-0.2, 0) is 44.8 Å². The third-order valence-corrected chi connectivity index (χ3v) is 12.6. The first-order valence-corrected chi connectivity index (χ1v) is 18.1. The molecule has 0 spiro atoms. The fourth-order valence-corrected chi connectivity index (χ4v) is 10.2. The van der Waals surface area contributed by atoms with Crippen molar-refractivity contribution in [3.05, 3.63) is 225 Å². The largest absolute Gasteiger partial charge is 1.00 e. The predicted octanol–water partition coefficient (Wildman–Crippen LogP) is 8.02. The Labute approximate surface area is 314 Å². The Bertz CT molecular complexity index is 1470. The van der Waals surface area contributed by atoms with Crippen molar-refractivity contribution in [2.75, 3.05) is 0 Å². The van der Waals surface area contributed by atoms with E-state index < -0.39 is 15.8 Å². The first kappa shape index (κ1) is 38.2. The fourth-order valence-electron chi connectivity index (χ4n) is 5.05. The summed E-state index contributed by atoms with van der Waals surface area (Å²) in [5, 5.41) is 8.61. The van der Waals surface area contributed by atoms with Gasteiger partial charge in [-0.15, -0.1) is 0 Å². The number of hydrogen-bond acceptors (Lipinski definition) is 0. The van der Waals surface area contributed by atoms with E-state index in [-0.39, 0.29) is 44.8 Å². The molecular formula is C43H38Au2P2+2. The Kier molecular flexibility index (Phi) is 17.5. The van der Waals surface area contributed by atoms with Crippen molar-refractivity contribution < 1.29 is 44.8 Å². The molecule has 0 heterocycles. The molecule has 7 aromatic carbocycles. The Balaban J connectivity index is 0.000000205. The van der Waals surface area contributed by atoms with Crippen molar-refractivity contribution in [2.24, 2.45) is 0 Å². The van der Waals surface area contributed by atoms with Crippen LogP contribution in [0.2, 0.25) is 0 Å². The molecule has 240 valence electrons. The first-order valence-electron chi connectivity index (χ1n) is 15.1. The Morgan fingerprint density at radius 1 is 0.298 bits per heavy atom. The van der Waals surface area contributed by atoms with E-state index in [2.05, 4.69) is 195 Å². The van der Waals surface area contributed by atoms with Crippen LogP contribution in [0, 0.1) is 13.0 Å². The molecule has 0 N–H and O–H groups in total. The van der Waals surface area contributed by atoms with Gasteiger partial charge in [0.1, 0.15) is 31.8 Å². The Hall–Kier alpha value is -3.25. The van der Waals surface area contributed by atoms with Crippen molar-refractivity contribution in [2.45, 2.75) is 0 Å². The van der Waals surface area contributed by atoms with Crippen molar-refractivity contribution in [1.29, 1.82) is 0 Å². The molecule has 0 aromatic heterocycles. The minimum absolute atomic E-state index is 0. The van der Waals surface area contributed by atoms with Crippen LogP contribution < -0.4 is 31.8 Å². The van der Waals surface area contributed by atoms with Gasteiger partial charge in [-0.05, 0) is 72.8 Å². The normalized spacial score (nSPS) is 9.83. The van der Waals surface area contributed by atoms with Crippen molar-refractivity contribution in [3.8, 4) is 0 Å². The van der Waals surface area contributed by atoms with Crippen molar-refractivity contribution in [3.63, 3.8) is 0 Å². The van der Waals surface area contributed by atoms with Crippen LogP contribution in [0.3, 0.4) is 0 Å². The van der Waals surface area contributed by atoms with Gasteiger partial charge >= 0.3 is 44.8 Å². The van der Waals surface area contributed by atoms with Crippen LogP contribution in [0.5, 0.6) is 0 Å². The van der Waals surface area contributed by atoms with Gasteiger partial charge in [-0.1, -0.05) is 109 Å². The first-order chi connectivity index (χ1) is 22.3.